The van der Waals surface area contributed by atoms with Crippen LogP contribution in [0.3, 0.4) is 0 Å². The summed E-state index contributed by atoms with van der Waals surface area (Å²) < 4.78 is 35.2. The predicted octanol–water partition coefficient (Wildman–Crippen LogP) is 5.51. The number of hydrogen-bond acceptors (Lipinski definition) is 9. The molecule has 3 aromatic carbocycles. The second kappa shape index (κ2) is 13.0. The van der Waals surface area contributed by atoms with Crippen molar-refractivity contribution in [3.8, 4) is 11.4 Å². The zero-order valence-electron chi connectivity index (χ0n) is 25.9. The number of para-hydroxylation sites is 1. The fraction of sp³-hybridized carbons (Fsp3) is 0.314. The van der Waals surface area contributed by atoms with Gasteiger partial charge in [-0.2, -0.15) is 0 Å². The molecule has 0 amide bonds. The standard InChI is InChI=1S/C35H36F2N6O3S/c1-21(32(44)27-9-7-22(36)17-28(27)37)41-13-11-23(12-14-41)39-20-26-19-30-34(47-26)40-33(38)35(45)43(30)25-8-10-31-29(18-25)42(15-16-46-31)24-5-3-2-4-6-24/h2-10,17-19,21,23,32,39,44H,11-16,20H2,1H3,(H2,38,40)/t21-,32-/m0/s1. The maximum Gasteiger partial charge on any atom is 0.298 e. The number of rotatable bonds is 8. The van der Waals surface area contributed by atoms with E-state index in [0.29, 0.717) is 35.7 Å². The number of likely N-dealkylation sites (tertiary alicyclic amines) is 1. The van der Waals surface area contributed by atoms with Gasteiger partial charge >= 0.3 is 0 Å². The predicted molar refractivity (Wildman–Crippen MR) is 181 cm³/mol. The number of anilines is 3. The Bertz CT molecular complexity index is 1960. The Labute approximate surface area is 274 Å². The van der Waals surface area contributed by atoms with Gasteiger partial charge in [0, 0.05) is 53.9 Å². The highest BCUT2D eigenvalue weighted by Gasteiger charge is 2.29. The number of benzene rings is 3. The molecule has 244 valence electrons. The van der Waals surface area contributed by atoms with Crippen LogP contribution in [0.2, 0.25) is 0 Å². The average Bonchev–Trinajstić information content (AvgIpc) is 3.49. The maximum atomic E-state index is 14.3. The van der Waals surface area contributed by atoms with Gasteiger partial charge < -0.3 is 25.8 Å². The normalized spacial score (nSPS) is 17.0. The number of hydrogen-bond donors (Lipinski definition) is 3. The van der Waals surface area contributed by atoms with E-state index in [4.69, 9.17) is 10.5 Å². The number of nitrogen functional groups attached to an aromatic ring is 1. The lowest BCUT2D eigenvalue weighted by Gasteiger charge is -2.38. The Morgan fingerprint density at radius 3 is 2.60 bits per heavy atom. The van der Waals surface area contributed by atoms with Crippen LogP contribution in [-0.4, -0.2) is 57.9 Å². The smallest absolute Gasteiger partial charge is 0.298 e. The van der Waals surface area contributed by atoms with E-state index < -0.39 is 17.7 Å². The van der Waals surface area contributed by atoms with E-state index in [9.17, 15) is 18.7 Å². The van der Waals surface area contributed by atoms with Crippen LogP contribution in [0.1, 0.15) is 36.3 Å². The molecule has 0 bridgehead atoms. The van der Waals surface area contributed by atoms with E-state index in [1.807, 2.05) is 49.4 Å². The highest BCUT2D eigenvalue weighted by Crippen LogP contribution is 2.38. The van der Waals surface area contributed by atoms with E-state index in [2.05, 4.69) is 32.2 Å². The van der Waals surface area contributed by atoms with Gasteiger partial charge in [-0.1, -0.05) is 24.3 Å². The van der Waals surface area contributed by atoms with Gasteiger partial charge in [0.05, 0.1) is 29.5 Å². The second-order valence-corrected chi connectivity index (χ2v) is 13.2. The molecule has 4 N–H and O–H groups in total. The summed E-state index contributed by atoms with van der Waals surface area (Å²) in [5.74, 6) is -0.705. The Kier molecular flexibility index (Phi) is 8.67. The average molecular weight is 659 g/mol. The van der Waals surface area contributed by atoms with Crippen molar-refractivity contribution in [1.29, 1.82) is 0 Å². The number of halogens is 2. The molecule has 0 spiro atoms. The minimum atomic E-state index is -1.06. The zero-order chi connectivity index (χ0) is 32.7. The molecule has 2 atom stereocenters. The first-order valence-corrected chi connectivity index (χ1v) is 16.6. The summed E-state index contributed by atoms with van der Waals surface area (Å²) in [4.78, 5) is 23.9. The van der Waals surface area contributed by atoms with Gasteiger partial charge in [0.2, 0.25) is 0 Å². The van der Waals surface area contributed by atoms with Crippen LogP contribution < -0.4 is 26.2 Å². The molecule has 9 nitrogen and oxygen atoms in total. The SMILES string of the molecule is C[C@@H]([C@H](O)c1ccc(F)cc1F)N1CCC(NCc2cc3c(nc(N)c(=O)n3-c3ccc4c(c3)N(c3ccccc3)CCO4)s2)CC1. The lowest BCUT2D eigenvalue weighted by atomic mass is 9.97. The van der Waals surface area contributed by atoms with Crippen LogP contribution in [0.4, 0.5) is 26.0 Å². The molecule has 0 unspecified atom stereocenters. The molecular weight excluding hydrogens is 622 g/mol. The molecule has 2 aromatic heterocycles. The Morgan fingerprint density at radius 2 is 1.83 bits per heavy atom. The summed E-state index contributed by atoms with van der Waals surface area (Å²) in [7, 11) is 0. The van der Waals surface area contributed by atoms with Crippen LogP contribution in [0.5, 0.6) is 5.75 Å². The molecule has 12 heteroatoms. The van der Waals surface area contributed by atoms with Crippen LogP contribution in [0.25, 0.3) is 16.0 Å². The van der Waals surface area contributed by atoms with Gasteiger partial charge in [-0.15, -0.1) is 11.3 Å². The molecule has 1 fully saturated rings. The minimum Gasteiger partial charge on any atom is -0.490 e. The fourth-order valence-electron chi connectivity index (χ4n) is 6.56. The Hall–Kier alpha value is -4.36. The Morgan fingerprint density at radius 1 is 1.04 bits per heavy atom. The number of aliphatic hydroxyl groups is 1. The molecule has 0 aliphatic carbocycles. The van der Waals surface area contributed by atoms with Gasteiger partial charge in [-0.25, -0.2) is 13.8 Å². The molecule has 5 aromatic rings. The van der Waals surface area contributed by atoms with Crippen LogP contribution in [0.15, 0.2) is 77.6 Å². The third kappa shape index (κ3) is 6.21. The Balaban J connectivity index is 1.06. The number of nitrogens with one attached hydrogen (secondary N) is 1. The highest BCUT2D eigenvalue weighted by atomic mass is 32.1. The monoisotopic (exact) mass is 658 g/mol. The minimum absolute atomic E-state index is 0.0584. The van der Waals surface area contributed by atoms with Gasteiger partial charge in [0.15, 0.2) is 5.82 Å². The lowest BCUT2D eigenvalue weighted by Crippen LogP contribution is -2.47. The summed E-state index contributed by atoms with van der Waals surface area (Å²) in [6.45, 7) is 5.16. The van der Waals surface area contributed by atoms with Crippen molar-refractivity contribution in [2.75, 3.05) is 36.9 Å². The molecule has 2 aliphatic heterocycles. The van der Waals surface area contributed by atoms with Gasteiger partial charge in [-0.05, 0) is 62.2 Å². The lowest BCUT2D eigenvalue weighted by molar-refractivity contribution is 0.0393. The number of aliphatic hydroxyl groups excluding tert-OH is 1. The number of fused-ring (bicyclic) bond motifs is 2. The number of thiophene rings is 1. The van der Waals surface area contributed by atoms with Crippen LogP contribution >= 0.6 is 11.3 Å². The largest absolute Gasteiger partial charge is 0.490 e. The number of aromatic nitrogens is 2. The van der Waals surface area contributed by atoms with Crippen molar-refractivity contribution in [2.45, 2.75) is 44.5 Å². The molecule has 0 radical (unpaired) electrons. The third-order valence-corrected chi connectivity index (χ3v) is 10.2. The topological polar surface area (TPSA) is 109 Å². The molecule has 47 heavy (non-hydrogen) atoms. The van der Waals surface area contributed by atoms with Crippen LogP contribution in [0, 0.1) is 11.6 Å². The quantitative estimate of drug-likeness (QED) is 0.200. The van der Waals surface area contributed by atoms with Crippen molar-refractivity contribution < 1.29 is 18.6 Å². The number of nitrogens with zero attached hydrogens (tertiary/aromatic N) is 4. The van der Waals surface area contributed by atoms with Crippen molar-refractivity contribution in [3.05, 3.63) is 105 Å². The van der Waals surface area contributed by atoms with E-state index in [1.165, 1.54) is 23.5 Å². The van der Waals surface area contributed by atoms with Crippen molar-refractivity contribution in [3.63, 3.8) is 0 Å². The van der Waals surface area contributed by atoms with Crippen molar-refractivity contribution in [1.82, 2.24) is 19.8 Å². The summed E-state index contributed by atoms with van der Waals surface area (Å²) in [6.07, 6.45) is 0.637. The van der Waals surface area contributed by atoms with Gasteiger partial charge in [0.1, 0.15) is 28.8 Å². The first-order valence-electron chi connectivity index (χ1n) is 15.8. The third-order valence-electron chi connectivity index (χ3n) is 9.17. The van der Waals surface area contributed by atoms with Gasteiger partial charge in [-0.3, -0.25) is 14.3 Å². The number of nitrogens with two attached hydrogens (primary N) is 1. The number of ether oxygens (including phenoxy) is 1. The molecule has 0 saturated carbocycles. The van der Waals surface area contributed by atoms with E-state index in [-0.39, 0.29) is 29.0 Å². The second-order valence-electron chi connectivity index (χ2n) is 12.1. The molecule has 1 saturated heterocycles. The van der Waals surface area contributed by atoms with Crippen molar-refractivity contribution in [2.24, 2.45) is 0 Å². The molecule has 7 rings (SSSR count). The summed E-state index contributed by atoms with van der Waals surface area (Å²) in [5.41, 5.74) is 9.17. The summed E-state index contributed by atoms with van der Waals surface area (Å²) >= 11 is 1.50. The van der Waals surface area contributed by atoms with Crippen molar-refractivity contribution >= 4 is 38.9 Å². The van der Waals surface area contributed by atoms with Gasteiger partial charge in [0.25, 0.3) is 5.56 Å². The first kappa shape index (κ1) is 31.3. The van der Waals surface area contributed by atoms with E-state index in [0.717, 1.165) is 54.0 Å². The molecule has 4 heterocycles. The highest BCUT2D eigenvalue weighted by molar-refractivity contribution is 7.18. The first-order chi connectivity index (χ1) is 22.8. The fourth-order valence-corrected chi connectivity index (χ4v) is 7.54. The maximum absolute atomic E-state index is 14.3. The summed E-state index contributed by atoms with van der Waals surface area (Å²) in [6, 6.07) is 21.0. The summed E-state index contributed by atoms with van der Waals surface area (Å²) in [5, 5.41) is 14.4. The number of piperidine rings is 1. The van der Waals surface area contributed by atoms with E-state index in [1.54, 1.807) is 4.57 Å². The van der Waals surface area contributed by atoms with Crippen LogP contribution in [-0.2, 0) is 6.54 Å². The molecule has 2 aliphatic rings. The molecular formula is C35H36F2N6O3S. The zero-order valence-corrected chi connectivity index (χ0v) is 26.7. The van der Waals surface area contributed by atoms with E-state index >= 15 is 0 Å².